The van der Waals surface area contributed by atoms with Gasteiger partial charge >= 0.3 is 0 Å². The Morgan fingerprint density at radius 3 is 2.30 bits per heavy atom. The molecule has 1 aromatic heterocycles. The molecule has 0 spiro atoms. The predicted molar refractivity (Wildman–Crippen MR) is 85.3 cm³/mol. The molecule has 0 unspecified atom stereocenters. The van der Waals surface area contributed by atoms with Gasteiger partial charge in [0.15, 0.2) is 5.78 Å². The summed E-state index contributed by atoms with van der Waals surface area (Å²) in [4.78, 5) is 16.8. The average Bonchev–Trinajstić information content (AvgIpc) is 2.75. The highest BCUT2D eigenvalue weighted by Gasteiger charge is 2.19. The van der Waals surface area contributed by atoms with Crippen molar-refractivity contribution in [3.63, 3.8) is 0 Å². The fourth-order valence-corrected chi connectivity index (χ4v) is 3.24. The van der Waals surface area contributed by atoms with Crippen molar-refractivity contribution in [2.24, 2.45) is 0 Å². The number of hydrogen-bond donors (Lipinski definition) is 0. The third-order valence-corrected chi connectivity index (χ3v) is 4.10. The normalized spacial score (nSPS) is 11.7. The Hall–Kier alpha value is -0.900. The summed E-state index contributed by atoms with van der Waals surface area (Å²) >= 11 is 13.3. The van der Waals surface area contributed by atoms with E-state index in [1.807, 2.05) is 5.38 Å². The van der Waals surface area contributed by atoms with Crippen molar-refractivity contribution in [2.75, 3.05) is 0 Å². The fraction of sp³-hybridized carbons (Fsp3) is 0.333. The summed E-state index contributed by atoms with van der Waals surface area (Å²) in [5.41, 5.74) is 1.53. The van der Waals surface area contributed by atoms with Crippen molar-refractivity contribution in [1.82, 2.24) is 4.98 Å². The number of rotatable bonds is 3. The van der Waals surface area contributed by atoms with Gasteiger partial charge in [0.25, 0.3) is 0 Å². The minimum atomic E-state index is -0.0239. The van der Waals surface area contributed by atoms with Crippen molar-refractivity contribution in [1.29, 1.82) is 0 Å². The number of halogens is 2. The number of Topliss-reactive ketones (excluding diaryl/α,β-unsaturated/α-hetero) is 1. The molecule has 0 atom stereocenters. The average molecular weight is 328 g/mol. The van der Waals surface area contributed by atoms with E-state index >= 15 is 0 Å². The molecule has 0 N–H and O–H groups in total. The lowest BCUT2D eigenvalue weighted by atomic mass is 9.93. The second-order valence-corrected chi connectivity index (χ2v) is 7.45. The molecule has 5 heteroatoms. The van der Waals surface area contributed by atoms with Crippen molar-refractivity contribution in [3.05, 3.63) is 49.9 Å². The van der Waals surface area contributed by atoms with Crippen LogP contribution >= 0.6 is 34.5 Å². The molecular formula is C15H15Cl2NOS. The van der Waals surface area contributed by atoms with Crippen LogP contribution in [0.2, 0.25) is 10.0 Å². The molecule has 1 aromatic carbocycles. The van der Waals surface area contributed by atoms with Gasteiger partial charge in [-0.1, -0.05) is 44.0 Å². The van der Waals surface area contributed by atoms with Gasteiger partial charge in [0.1, 0.15) is 5.01 Å². The monoisotopic (exact) mass is 327 g/mol. The number of thiazole rings is 1. The van der Waals surface area contributed by atoms with Gasteiger partial charge in [-0.25, -0.2) is 4.98 Å². The summed E-state index contributed by atoms with van der Waals surface area (Å²) in [6, 6.07) is 4.88. The van der Waals surface area contributed by atoms with Crippen LogP contribution in [0.4, 0.5) is 0 Å². The lowest BCUT2D eigenvalue weighted by molar-refractivity contribution is 0.0993. The molecule has 0 aliphatic carbocycles. The molecule has 106 valence electrons. The summed E-state index contributed by atoms with van der Waals surface area (Å²) < 4.78 is 0. The van der Waals surface area contributed by atoms with Crippen LogP contribution in [0.15, 0.2) is 23.6 Å². The Bertz CT molecular complexity index is 623. The third kappa shape index (κ3) is 3.81. The van der Waals surface area contributed by atoms with Crippen LogP contribution in [0.1, 0.15) is 41.8 Å². The SMILES string of the molecule is CC(C)(C)c1csc(CC(=O)c2cc(Cl)cc(Cl)c2)n1. The van der Waals surface area contributed by atoms with Gasteiger partial charge in [-0.15, -0.1) is 11.3 Å². The lowest BCUT2D eigenvalue weighted by Gasteiger charge is -2.14. The van der Waals surface area contributed by atoms with Crippen molar-refractivity contribution >= 4 is 40.3 Å². The highest BCUT2D eigenvalue weighted by atomic mass is 35.5. The second-order valence-electron chi connectivity index (χ2n) is 5.63. The Labute approximate surface area is 132 Å². The smallest absolute Gasteiger partial charge is 0.169 e. The minimum Gasteiger partial charge on any atom is -0.294 e. The Morgan fingerprint density at radius 2 is 1.80 bits per heavy atom. The molecular weight excluding hydrogens is 313 g/mol. The van der Waals surface area contributed by atoms with Crippen LogP contribution in [0.3, 0.4) is 0 Å². The summed E-state index contributed by atoms with van der Waals surface area (Å²) in [5, 5.41) is 3.76. The number of carbonyl (C=O) groups excluding carboxylic acids is 1. The topological polar surface area (TPSA) is 30.0 Å². The first kappa shape index (κ1) is 15.5. The number of benzene rings is 1. The molecule has 20 heavy (non-hydrogen) atoms. The minimum absolute atomic E-state index is 0.00282. The Kier molecular flexibility index (Phi) is 4.52. The molecule has 0 aliphatic heterocycles. The molecule has 0 aliphatic rings. The van der Waals surface area contributed by atoms with Gasteiger partial charge in [-0.05, 0) is 18.2 Å². The van der Waals surface area contributed by atoms with E-state index in [4.69, 9.17) is 23.2 Å². The molecule has 2 rings (SSSR count). The molecule has 2 aromatic rings. The molecule has 0 amide bonds. The maximum Gasteiger partial charge on any atom is 0.169 e. The zero-order valence-corrected chi connectivity index (χ0v) is 13.9. The molecule has 0 saturated heterocycles. The highest BCUT2D eigenvalue weighted by Crippen LogP contribution is 2.25. The molecule has 1 heterocycles. The Morgan fingerprint density at radius 1 is 1.20 bits per heavy atom. The van der Waals surface area contributed by atoms with E-state index in [1.54, 1.807) is 18.2 Å². The highest BCUT2D eigenvalue weighted by molar-refractivity contribution is 7.09. The maximum absolute atomic E-state index is 12.2. The van der Waals surface area contributed by atoms with Gasteiger partial charge in [-0.2, -0.15) is 0 Å². The van der Waals surface area contributed by atoms with Gasteiger partial charge in [-0.3, -0.25) is 4.79 Å². The lowest BCUT2D eigenvalue weighted by Crippen LogP contribution is -2.12. The maximum atomic E-state index is 12.2. The Balaban J connectivity index is 2.17. The quantitative estimate of drug-likeness (QED) is 0.727. The van der Waals surface area contributed by atoms with Crippen molar-refractivity contribution < 1.29 is 4.79 Å². The van der Waals surface area contributed by atoms with Crippen molar-refractivity contribution in [3.8, 4) is 0 Å². The number of carbonyl (C=O) groups is 1. The van der Waals surface area contributed by atoms with Crippen LogP contribution < -0.4 is 0 Å². The zero-order valence-electron chi connectivity index (χ0n) is 11.5. The number of aromatic nitrogens is 1. The first-order valence-corrected chi connectivity index (χ1v) is 7.83. The summed E-state index contributed by atoms with van der Waals surface area (Å²) in [7, 11) is 0. The second kappa shape index (κ2) is 5.84. The van der Waals surface area contributed by atoms with E-state index in [-0.39, 0.29) is 17.6 Å². The summed E-state index contributed by atoms with van der Waals surface area (Å²) in [6.07, 6.45) is 0.275. The van der Waals surface area contributed by atoms with Gasteiger partial charge in [0, 0.05) is 26.4 Å². The standard InChI is InChI=1S/C15H15Cl2NOS/c1-15(2,3)13-8-20-14(18-13)7-12(19)9-4-10(16)6-11(17)5-9/h4-6,8H,7H2,1-3H3. The first-order valence-electron chi connectivity index (χ1n) is 6.20. The molecule has 0 saturated carbocycles. The van der Waals surface area contributed by atoms with Gasteiger partial charge in [0.05, 0.1) is 12.1 Å². The van der Waals surface area contributed by atoms with E-state index in [0.29, 0.717) is 15.6 Å². The van der Waals surface area contributed by atoms with Crippen LogP contribution in [-0.4, -0.2) is 10.8 Å². The number of hydrogen-bond acceptors (Lipinski definition) is 3. The van der Waals surface area contributed by atoms with E-state index in [9.17, 15) is 4.79 Å². The third-order valence-electron chi connectivity index (χ3n) is 2.82. The summed E-state index contributed by atoms with van der Waals surface area (Å²) in [5.74, 6) is -0.0239. The first-order chi connectivity index (χ1) is 9.25. The molecule has 0 fully saturated rings. The predicted octanol–water partition coefficient (Wildman–Crippen LogP) is 5.17. The van der Waals surface area contributed by atoms with E-state index in [0.717, 1.165) is 10.7 Å². The van der Waals surface area contributed by atoms with Gasteiger partial charge in [0.2, 0.25) is 0 Å². The molecule has 2 nitrogen and oxygen atoms in total. The van der Waals surface area contributed by atoms with E-state index < -0.39 is 0 Å². The van der Waals surface area contributed by atoms with Crippen LogP contribution in [-0.2, 0) is 11.8 Å². The van der Waals surface area contributed by atoms with Crippen LogP contribution in [0.5, 0.6) is 0 Å². The van der Waals surface area contributed by atoms with E-state index in [2.05, 4.69) is 25.8 Å². The largest absolute Gasteiger partial charge is 0.294 e. The van der Waals surface area contributed by atoms with E-state index in [1.165, 1.54) is 11.3 Å². The van der Waals surface area contributed by atoms with Crippen LogP contribution in [0, 0.1) is 0 Å². The van der Waals surface area contributed by atoms with Crippen molar-refractivity contribution in [2.45, 2.75) is 32.6 Å². The zero-order chi connectivity index (χ0) is 14.9. The van der Waals surface area contributed by atoms with Gasteiger partial charge < -0.3 is 0 Å². The molecule has 0 radical (unpaired) electrons. The number of nitrogens with zero attached hydrogens (tertiary/aromatic N) is 1. The molecule has 0 bridgehead atoms. The number of ketones is 1. The van der Waals surface area contributed by atoms with Crippen LogP contribution in [0.25, 0.3) is 0 Å². The summed E-state index contributed by atoms with van der Waals surface area (Å²) in [6.45, 7) is 6.30. The fourth-order valence-electron chi connectivity index (χ4n) is 1.69.